The topological polar surface area (TPSA) is 25.4 Å². The van der Waals surface area contributed by atoms with Gasteiger partial charge in [-0.2, -0.15) is 0 Å². The van der Waals surface area contributed by atoms with E-state index in [1.54, 1.807) is 11.3 Å². The second kappa shape index (κ2) is 12.0. The van der Waals surface area contributed by atoms with Crippen molar-refractivity contribution in [1.29, 1.82) is 0 Å². The molecule has 0 atom stereocenters. The maximum absolute atomic E-state index is 6.10. The van der Waals surface area contributed by atoms with Crippen molar-refractivity contribution < 1.29 is 4.74 Å². The fraction of sp³-hybridized carbons (Fsp3) is 0.219. The van der Waals surface area contributed by atoms with Gasteiger partial charge < -0.3 is 9.64 Å². The lowest BCUT2D eigenvalue weighted by molar-refractivity contribution is 0.223. The van der Waals surface area contributed by atoms with Gasteiger partial charge in [0.1, 0.15) is 12.4 Å². The van der Waals surface area contributed by atoms with Gasteiger partial charge in [-0.25, -0.2) is 4.98 Å². The highest BCUT2D eigenvalue weighted by atomic mass is 32.2. The minimum Gasteiger partial charge on any atom is -0.492 e. The SMILES string of the molecule is CCN(CC)CCOc1ccc2nc(SC(c3ccccc3)(c3ccccc3)c3ccccc3)sc2c1. The van der Waals surface area contributed by atoms with Crippen molar-refractivity contribution in [2.45, 2.75) is 22.9 Å². The minimum atomic E-state index is -0.430. The first-order chi connectivity index (χ1) is 18.2. The van der Waals surface area contributed by atoms with Crippen molar-refractivity contribution in [3.8, 4) is 5.75 Å². The predicted molar refractivity (Wildman–Crippen MR) is 158 cm³/mol. The molecule has 5 rings (SSSR count). The highest BCUT2D eigenvalue weighted by Crippen LogP contribution is 2.52. The highest BCUT2D eigenvalue weighted by Gasteiger charge is 2.38. The van der Waals surface area contributed by atoms with Crippen LogP contribution in [0.4, 0.5) is 0 Å². The minimum absolute atomic E-state index is 0.430. The van der Waals surface area contributed by atoms with Crippen LogP contribution in [0.3, 0.4) is 0 Å². The van der Waals surface area contributed by atoms with Gasteiger partial charge in [-0.15, -0.1) is 11.3 Å². The Morgan fingerprint density at radius 2 is 1.30 bits per heavy atom. The molecule has 188 valence electrons. The molecule has 4 aromatic carbocycles. The number of fused-ring (bicyclic) bond motifs is 1. The Hall–Kier alpha value is -3.12. The van der Waals surface area contributed by atoms with Gasteiger partial charge in [0.05, 0.1) is 15.0 Å². The van der Waals surface area contributed by atoms with Gasteiger partial charge in [-0.05, 0) is 48.0 Å². The standard InChI is InChI=1S/C32H32N2OS2/c1-3-34(4-2)22-23-35-28-20-21-29-30(24-28)36-31(33-29)37-32(25-14-8-5-9-15-25,26-16-10-6-11-17-26)27-18-12-7-13-19-27/h5-21,24H,3-4,22-23H2,1-2H3. The van der Waals surface area contributed by atoms with Gasteiger partial charge in [0.15, 0.2) is 4.34 Å². The summed E-state index contributed by atoms with van der Waals surface area (Å²) in [6.45, 7) is 8.08. The number of hydrogen-bond acceptors (Lipinski definition) is 5. The van der Waals surface area contributed by atoms with Crippen LogP contribution in [-0.4, -0.2) is 36.1 Å². The number of thiazole rings is 1. The van der Waals surface area contributed by atoms with E-state index in [1.807, 2.05) is 17.8 Å². The molecule has 5 heteroatoms. The Labute approximate surface area is 228 Å². The van der Waals surface area contributed by atoms with Crippen LogP contribution in [0.5, 0.6) is 5.75 Å². The fourth-order valence-electron chi connectivity index (χ4n) is 4.68. The van der Waals surface area contributed by atoms with Gasteiger partial charge in [0, 0.05) is 6.54 Å². The number of thioether (sulfide) groups is 1. The smallest absolute Gasteiger partial charge is 0.152 e. The number of hydrogen-bond donors (Lipinski definition) is 0. The zero-order valence-electron chi connectivity index (χ0n) is 21.3. The van der Waals surface area contributed by atoms with Gasteiger partial charge >= 0.3 is 0 Å². The third-order valence-electron chi connectivity index (χ3n) is 6.69. The monoisotopic (exact) mass is 524 g/mol. The summed E-state index contributed by atoms with van der Waals surface area (Å²) in [6, 6.07) is 38.6. The van der Waals surface area contributed by atoms with Gasteiger partial charge in [-0.3, -0.25) is 0 Å². The third-order valence-corrected chi connectivity index (χ3v) is 9.28. The van der Waals surface area contributed by atoms with Crippen molar-refractivity contribution >= 4 is 33.3 Å². The van der Waals surface area contributed by atoms with Gasteiger partial charge in [0.2, 0.25) is 0 Å². The van der Waals surface area contributed by atoms with E-state index in [1.165, 1.54) is 16.7 Å². The molecule has 0 spiro atoms. The summed E-state index contributed by atoms with van der Waals surface area (Å²) in [7, 11) is 0. The quantitative estimate of drug-likeness (QED) is 0.129. The van der Waals surface area contributed by atoms with Crippen LogP contribution >= 0.6 is 23.1 Å². The number of rotatable bonds is 11. The van der Waals surface area contributed by atoms with Crippen molar-refractivity contribution in [3.63, 3.8) is 0 Å². The molecule has 0 N–H and O–H groups in total. The molecule has 0 unspecified atom stereocenters. The summed E-state index contributed by atoms with van der Waals surface area (Å²) in [4.78, 5) is 7.44. The number of ether oxygens (including phenoxy) is 1. The maximum atomic E-state index is 6.10. The van der Waals surface area contributed by atoms with Crippen LogP contribution in [-0.2, 0) is 4.75 Å². The average molecular weight is 525 g/mol. The lowest BCUT2D eigenvalue weighted by atomic mass is 9.84. The maximum Gasteiger partial charge on any atom is 0.152 e. The summed E-state index contributed by atoms with van der Waals surface area (Å²) in [5, 5.41) is 0. The van der Waals surface area contributed by atoms with Crippen LogP contribution < -0.4 is 4.74 Å². The number of benzene rings is 4. The van der Waals surface area contributed by atoms with Crippen molar-refractivity contribution in [1.82, 2.24) is 9.88 Å². The Kier molecular flexibility index (Phi) is 8.24. The molecule has 0 bridgehead atoms. The van der Waals surface area contributed by atoms with E-state index in [2.05, 4.69) is 122 Å². The van der Waals surface area contributed by atoms with Gasteiger partial charge in [0.25, 0.3) is 0 Å². The van der Waals surface area contributed by atoms with Crippen LogP contribution in [0.15, 0.2) is 114 Å². The molecular formula is C32H32N2OS2. The van der Waals surface area contributed by atoms with E-state index < -0.39 is 4.75 Å². The zero-order chi connectivity index (χ0) is 25.5. The Bertz CT molecular complexity index is 1300. The molecule has 0 fully saturated rings. The normalized spacial score (nSPS) is 11.8. The molecule has 0 aliphatic heterocycles. The summed E-state index contributed by atoms with van der Waals surface area (Å²) >= 11 is 3.55. The molecule has 0 radical (unpaired) electrons. The molecule has 5 aromatic rings. The van der Waals surface area contributed by atoms with E-state index in [-0.39, 0.29) is 0 Å². The molecule has 0 aliphatic rings. The van der Waals surface area contributed by atoms with Crippen LogP contribution in [0.25, 0.3) is 10.2 Å². The first-order valence-electron chi connectivity index (χ1n) is 12.8. The second-order valence-electron chi connectivity index (χ2n) is 8.87. The van der Waals surface area contributed by atoms with E-state index in [9.17, 15) is 0 Å². The molecule has 1 heterocycles. The summed E-state index contributed by atoms with van der Waals surface area (Å²) in [6.07, 6.45) is 0. The number of likely N-dealkylation sites (N-methyl/N-ethyl adjacent to an activating group) is 1. The van der Waals surface area contributed by atoms with E-state index in [4.69, 9.17) is 9.72 Å². The molecule has 37 heavy (non-hydrogen) atoms. The zero-order valence-corrected chi connectivity index (χ0v) is 23.0. The highest BCUT2D eigenvalue weighted by molar-refractivity contribution is 8.02. The van der Waals surface area contributed by atoms with Crippen LogP contribution in [0, 0.1) is 0 Å². The molecule has 0 saturated heterocycles. The Morgan fingerprint density at radius 3 is 1.81 bits per heavy atom. The average Bonchev–Trinajstić information content (AvgIpc) is 3.37. The van der Waals surface area contributed by atoms with E-state index in [0.717, 1.165) is 39.9 Å². The molecule has 3 nitrogen and oxygen atoms in total. The molecule has 0 saturated carbocycles. The lowest BCUT2D eigenvalue weighted by Crippen LogP contribution is -2.27. The van der Waals surface area contributed by atoms with Crippen LogP contribution in [0.2, 0.25) is 0 Å². The summed E-state index contributed by atoms with van der Waals surface area (Å²) < 4.78 is 7.85. The molecule has 0 aliphatic carbocycles. The fourth-order valence-corrected chi connectivity index (χ4v) is 7.38. The lowest BCUT2D eigenvalue weighted by Gasteiger charge is -2.34. The first kappa shape index (κ1) is 25.5. The van der Waals surface area contributed by atoms with Crippen molar-refractivity contribution in [2.75, 3.05) is 26.2 Å². The van der Waals surface area contributed by atoms with E-state index in [0.29, 0.717) is 6.61 Å². The Balaban J connectivity index is 1.52. The molecule has 0 amide bonds. The van der Waals surface area contributed by atoms with Crippen LogP contribution in [0.1, 0.15) is 30.5 Å². The number of aromatic nitrogens is 1. The largest absolute Gasteiger partial charge is 0.492 e. The predicted octanol–water partition coefficient (Wildman–Crippen LogP) is 8.10. The number of nitrogens with zero attached hydrogens (tertiary/aromatic N) is 2. The third kappa shape index (κ3) is 5.59. The molecule has 1 aromatic heterocycles. The summed E-state index contributed by atoms with van der Waals surface area (Å²) in [5.41, 5.74) is 4.71. The summed E-state index contributed by atoms with van der Waals surface area (Å²) in [5.74, 6) is 0.903. The second-order valence-corrected chi connectivity index (χ2v) is 11.4. The Morgan fingerprint density at radius 1 is 0.757 bits per heavy atom. The van der Waals surface area contributed by atoms with Crippen molar-refractivity contribution in [3.05, 3.63) is 126 Å². The van der Waals surface area contributed by atoms with E-state index >= 15 is 0 Å². The first-order valence-corrected chi connectivity index (χ1v) is 14.5. The molecular weight excluding hydrogens is 492 g/mol. The van der Waals surface area contributed by atoms with Gasteiger partial charge in [-0.1, -0.05) is 117 Å². The van der Waals surface area contributed by atoms with Crippen molar-refractivity contribution in [2.24, 2.45) is 0 Å².